The van der Waals surface area contributed by atoms with Crippen molar-refractivity contribution in [3.63, 3.8) is 0 Å². The van der Waals surface area contributed by atoms with Gasteiger partial charge in [-0.15, -0.1) is 0 Å². The van der Waals surface area contributed by atoms with Crippen LogP contribution in [-0.2, 0) is 28.5 Å². The normalized spacial score (nSPS) is 39.4. The van der Waals surface area contributed by atoms with E-state index in [1.165, 1.54) is 7.11 Å². The second-order valence-electron chi connectivity index (χ2n) is 8.77. The molecule has 7 nitrogen and oxygen atoms in total. The minimum atomic E-state index is -0.597. The number of esters is 1. The molecule has 1 spiro atoms. The lowest BCUT2D eigenvalue weighted by atomic mass is 9.56. The first-order valence-corrected chi connectivity index (χ1v) is 10.4. The van der Waals surface area contributed by atoms with E-state index in [-0.39, 0.29) is 36.8 Å². The molecular weight excluding hydrogens is 364 g/mol. The highest BCUT2D eigenvalue weighted by Crippen LogP contribution is 2.65. The molecule has 28 heavy (non-hydrogen) atoms. The minimum Gasteiger partial charge on any atom is -0.460 e. The van der Waals surface area contributed by atoms with Crippen LogP contribution in [0.1, 0.15) is 44.9 Å². The average Bonchev–Trinajstić information content (AvgIpc) is 3.27. The van der Waals surface area contributed by atoms with Crippen LogP contribution in [-0.4, -0.2) is 62.8 Å². The first kappa shape index (κ1) is 20.3. The number of methoxy groups -OCH3 is 1. The molecule has 0 aromatic rings. The molecular formula is C21H32O7. The number of hydrogen-bond acceptors (Lipinski definition) is 7. The second-order valence-corrected chi connectivity index (χ2v) is 8.77. The quantitative estimate of drug-likeness (QED) is 0.330. The van der Waals surface area contributed by atoms with Crippen LogP contribution in [0.15, 0.2) is 12.2 Å². The Balaban J connectivity index is 1.61. The van der Waals surface area contributed by atoms with E-state index in [4.69, 9.17) is 23.7 Å². The molecule has 4 aliphatic rings. The Hall–Kier alpha value is -0.990. The van der Waals surface area contributed by atoms with Crippen molar-refractivity contribution in [3.8, 4) is 0 Å². The smallest absolute Gasteiger partial charge is 0.332 e. The zero-order chi connectivity index (χ0) is 19.8. The molecule has 4 fully saturated rings. The lowest BCUT2D eigenvalue weighted by molar-refractivity contribution is -0.232. The van der Waals surface area contributed by atoms with Crippen LogP contribution in [0.3, 0.4) is 0 Å². The van der Waals surface area contributed by atoms with Crippen molar-refractivity contribution in [1.29, 1.82) is 0 Å². The first-order valence-electron chi connectivity index (χ1n) is 10.4. The highest BCUT2D eigenvalue weighted by atomic mass is 16.7. The van der Waals surface area contributed by atoms with Gasteiger partial charge in [0.2, 0.25) is 0 Å². The van der Waals surface area contributed by atoms with Crippen LogP contribution >= 0.6 is 0 Å². The summed E-state index contributed by atoms with van der Waals surface area (Å²) < 4.78 is 28.2. The van der Waals surface area contributed by atoms with Gasteiger partial charge in [0.05, 0.1) is 19.3 Å². The largest absolute Gasteiger partial charge is 0.460 e. The third-order valence-corrected chi connectivity index (χ3v) is 7.24. The van der Waals surface area contributed by atoms with Crippen molar-refractivity contribution >= 4 is 5.97 Å². The summed E-state index contributed by atoms with van der Waals surface area (Å²) in [7, 11) is 1.51. The summed E-state index contributed by atoms with van der Waals surface area (Å²) in [6.45, 7) is 5.20. The molecule has 1 N–H and O–H groups in total. The fourth-order valence-corrected chi connectivity index (χ4v) is 6.26. The number of ether oxygens (including phenoxy) is 5. The average molecular weight is 396 g/mol. The van der Waals surface area contributed by atoms with E-state index in [1.807, 2.05) is 0 Å². The monoisotopic (exact) mass is 396 g/mol. The number of aliphatic hydroxyl groups excluding tert-OH is 1. The van der Waals surface area contributed by atoms with E-state index in [0.29, 0.717) is 26.1 Å². The van der Waals surface area contributed by atoms with Crippen molar-refractivity contribution in [2.24, 2.45) is 17.3 Å². The Morgan fingerprint density at radius 2 is 2.07 bits per heavy atom. The van der Waals surface area contributed by atoms with Crippen molar-refractivity contribution in [2.45, 2.75) is 62.9 Å². The minimum absolute atomic E-state index is 0.0468. The van der Waals surface area contributed by atoms with Gasteiger partial charge < -0.3 is 28.8 Å². The Kier molecular flexibility index (Phi) is 5.82. The van der Waals surface area contributed by atoms with E-state index in [9.17, 15) is 9.90 Å². The van der Waals surface area contributed by atoms with Crippen molar-refractivity contribution in [2.75, 3.05) is 33.7 Å². The van der Waals surface area contributed by atoms with E-state index in [0.717, 1.165) is 37.7 Å². The number of hydrogen-bond donors (Lipinski definition) is 1. The van der Waals surface area contributed by atoms with Gasteiger partial charge in [0, 0.05) is 31.8 Å². The summed E-state index contributed by atoms with van der Waals surface area (Å²) in [6, 6.07) is 0. The summed E-state index contributed by atoms with van der Waals surface area (Å²) in [6.07, 6.45) is 5.08. The van der Waals surface area contributed by atoms with Crippen LogP contribution in [0.4, 0.5) is 0 Å². The molecule has 158 valence electrons. The standard InChI is InChI=1S/C21H32O7/c1-14-10-17(28-18(23)12-25-13-24-2)15-4-3-5-20(11-16(14)22)6-7-21(19(15)20)26-8-9-27-21/h15-17,19,22H,1,3-13H2,2H3/t15?,16-,17-,19?,20?/m0/s1. The molecule has 3 saturated carbocycles. The maximum absolute atomic E-state index is 12.4. The second kappa shape index (κ2) is 8.03. The number of rotatable bonds is 5. The predicted molar refractivity (Wildman–Crippen MR) is 99.2 cm³/mol. The highest BCUT2D eigenvalue weighted by Gasteiger charge is 2.65. The summed E-state index contributed by atoms with van der Waals surface area (Å²) >= 11 is 0. The van der Waals surface area contributed by atoms with Gasteiger partial charge in [0.15, 0.2) is 5.79 Å². The van der Waals surface area contributed by atoms with Crippen LogP contribution in [0, 0.1) is 17.3 Å². The molecule has 0 aromatic heterocycles. The molecule has 7 heteroatoms. The van der Waals surface area contributed by atoms with Crippen LogP contribution in [0.2, 0.25) is 0 Å². The maximum atomic E-state index is 12.4. The molecule has 5 atom stereocenters. The van der Waals surface area contributed by atoms with E-state index in [1.54, 1.807) is 0 Å². The van der Waals surface area contributed by atoms with Gasteiger partial charge in [-0.05, 0) is 36.7 Å². The molecule has 1 aliphatic heterocycles. The lowest BCUT2D eigenvalue weighted by Crippen LogP contribution is -2.54. The summed E-state index contributed by atoms with van der Waals surface area (Å²) in [5, 5.41) is 10.8. The molecule has 1 heterocycles. The third kappa shape index (κ3) is 3.52. The Morgan fingerprint density at radius 3 is 2.82 bits per heavy atom. The van der Waals surface area contributed by atoms with E-state index < -0.39 is 17.9 Å². The SMILES string of the molecule is C=C1C[C@H](OC(=O)COCOC)C2CCCC3(CCC4(OCCO4)C23)C[C@@H]1O. The van der Waals surface area contributed by atoms with E-state index in [2.05, 4.69) is 6.58 Å². The predicted octanol–water partition coefficient (Wildman–Crippen LogP) is 2.17. The fraction of sp³-hybridized carbons (Fsp3) is 0.857. The zero-order valence-electron chi connectivity index (χ0n) is 16.7. The molecule has 3 unspecified atom stereocenters. The molecule has 0 radical (unpaired) electrons. The van der Waals surface area contributed by atoms with E-state index >= 15 is 0 Å². The Labute approximate surface area is 166 Å². The van der Waals surface area contributed by atoms with Gasteiger partial charge in [-0.2, -0.15) is 0 Å². The van der Waals surface area contributed by atoms with Crippen LogP contribution < -0.4 is 0 Å². The van der Waals surface area contributed by atoms with Crippen LogP contribution in [0.5, 0.6) is 0 Å². The zero-order valence-corrected chi connectivity index (χ0v) is 16.7. The van der Waals surface area contributed by atoms with Crippen molar-refractivity contribution in [3.05, 3.63) is 12.2 Å². The molecule has 0 amide bonds. The summed E-state index contributed by atoms with van der Waals surface area (Å²) in [5.74, 6) is -0.760. The molecule has 3 aliphatic carbocycles. The highest BCUT2D eigenvalue weighted by molar-refractivity contribution is 5.71. The number of carbonyl (C=O) groups is 1. The van der Waals surface area contributed by atoms with Gasteiger partial charge in [-0.3, -0.25) is 0 Å². The first-order chi connectivity index (χ1) is 13.5. The van der Waals surface area contributed by atoms with Gasteiger partial charge >= 0.3 is 5.97 Å². The molecule has 1 saturated heterocycles. The van der Waals surface area contributed by atoms with Crippen molar-refractivity contribution in [1.82, 2.24) is 0 Å². The van der Waals surface area contributed by atoms with Gasteiger partial charge in [-0.25, -0.2) is 4.79 Å². The summed E-state index contributed by atoms with van der Waals surface area (Å²) in [5.41, 5.74) is 0.697. The molecule has 4 rings (SSSR count). The number of carbonyl (C=O) groups excluding carboxylic acids is 1. The lowest BCUT2D eigenvalue weighted by Gasteiger charge is -2.52. The third-order valence-electron chi connectivity index (χ3n) is 7.24. The fourth-order valence-electron chi connectivity index (χ4n) is 6.26. The summed E-state index contributed by atoms with van der Waals surface area (Å²) in [4.78, 5) is 12.4. The van der Waals surface area contributed by atoms with Crippen molar-refractivity contribution < 1.29 is 33.6 Å². The van der Waals surface area contributed by atoms with Gasteiger partial charge in [0.25, 0.3) is 0 Å². The molecule has 2 bridgehead atoms. The van der Waals surface area contributed by atoms with Gasteiger partial charge in [0.1, 0.15) is 19.5 Å². The number of aliphatic hydroxyl groups is 1. The van der Waals surface area contributed by atoms with Gasteiger partial charge in [-0.1, -0.05) is 13.0 Å². The maximum Gasteiger partial charge on any atom is 0.332 e. The molecule has 0 aromatic carbocycles. The Bertz CT molecular complexity index is 600. The topological polar surface area (TPSA) is 83.5 Å². The van der Waals surface area contributed by atoms with Crippen LogP contribution in [0.25, 0.3) is 0 Å². The Morgan fingerprint density at radius 1 is 1.29 bits per heavy atom.